The molecule has 88 valence electrons. The molecule has 0 amide bonds. The number of carboxylic acids is 1. The molecule has 1 rings (SSSR count). The highest BCUT2D eigenvalue weighted by Crippen LogP contribution is 2.36. The average molecular weight is 213 g/mol. The molecule has 0 aromatic carbocycles. The number of carbonyl (C=O) groups is 1. The molecule has 0 spiro atoms. The van der Waals surface area contributed by atoms with E-state index in [-0.39, 0.29) is 0 Å². The summed E-state index contributed by atoms with van der Waals surface area (Å²) in [6.07, 6.45) is 3.30. The van der Waals surface area contributed by atoms with Crippen molar-refractivity contribution in [1.29, 1.82) is 0 Å². The molecule has 0 aromatic rings. The predicted octanol–water partition coefficient (Wildman–Crippen LogP) is 2.22. The molecule has 1 N–H and O–H groups in total. The zero-order chi connectivity index (χ0) is 11.6. The monoisotopic (exact) mass is 213 g/mol. The summed E-state index contributed by atoms with van der Waals surface area (Å²) in [5, 5.41) is 9.19. The molecule has 3 heteroatoms. The molecular weight excluding hydrogens is 190 g/mol. The quantitative estimate of drug-likeness (QED) is 0.735. The first-order valence-electron chi connectivity index (χ1n) is 5.84. The number of aliphatic carboxylic acids is 1. The maximum absolute atomic E-state index is 11.2. The molecule has 2 unspecified atom stereocenters. The average Bonchev–Trinajstić information content (AvgIpc) is 2.99. The van der Waals surface area contributed by atoms with Crippen LogP contribution in [0.25, 0.3) is 0 Å². The molecule has 0 bridgehead atoms. The Bertz CT molecular complexity index is 238. The second-order valence-electron chi connectivity index (χ2n) is 5.21. The van der Waals surface area contributed by atoms with Gasteiger partial charge in [0, 0.05) is 12.6 Å². The van der Waals surface area contributed by atoms with Crippen LogP contribution in [0.3, 0.4) is 0 Å². The van der Waals surface area contributed by atoms with E-state index in [2.05, 4.69) is 11.8 Å². The fourth-order valence-corrected chi connectivity index (χ4v) is 1.96. The van der Waals surface area contributed by atoms with Gasteiger partial charge in [-0.05, 0) is 46.1 Å². The Morgan fingerprint density at radius 2 is 2.13 bits per heavy atom. The van der Waals surface area contributed by atoms with E-state index in [4.69, 9.17) is 0 Å². The number of nitrogens with zero attached hydrogens (tertiary/aromatic N) is 1. The van der Waals surface area contributed by atoms with E-state index < -0.39 is 11.4 Å². The summed E-state index contributed by atoms with van der Waals surface area (Å²) in [5.41, 5.74) is -0.599. The van der Waals surface area contributed by atoms with Crippen molar-refractivity contribution in [3.63, 3.8) is 0 Å². The molecule has 3 nitrogen and oxygen atoms in total. The molecule has 1 aliphatic rings. The molecule has 1 aliphatic carbocycles. The normalized spacial score (nSPS) is 22.5. The third kappa shape index (κ3) is 2.94. The second-order valence-corrected chi connectivity index (χ2v) is 5.21. The van der Waals surface area contributed by atoms with Crippen molar-refractivity contribution < 1.29 is 9.90 Å². The lowest BCUT2D eigenvalue weighted by Crippen LogP contribution is -2.43. The van der Waals surface area contributed by atoms with Crippen LogP contribution in [0, 0.1) is 11.3 Å². The lowest BCUT2D eigenvalue weighted by Gasteiger charge is -2.33. The minimum Gasteiger partial charge on any atom is -0.481 e. The van der Waals surface area contributed by atoms with Gasteiger partial charge in [0.25, 0.3) is 0 Å². The van der Waals surface area contributed by atoms with Gasteiger partial charge in [-0.3, -0.25) is 4.79 Å². The summed E-state index contributed by atoms with van der Waals surface area (Å²) in [5.74, 6) is 0.116. The van der Waals surface area contributed by atoms with Crippen LogP contribution in [-0.4, -0.2) is 35.6 Å². The molecule has 1 fully saturated rings. The van der Waals surface area contributed by atoms with Crippen molar-refractivity contribution in [1.82, 2.24) is 4.90 Å². The molecule has 0 aliphatic heterocycles. The molecule has 0 radical (unpaired) electrons. The zero-order valence-corrected chi connectivity index (χ0v) is 10.3. The Labute approximate surface area is 92.5 Å². The second kappa shape index (κ2) is 4.52. The maximum Gasteiger partial charge on any atom is 0.310 e. The summed E-state index contributed by atoms with van der Waals surface area (Å²) in [7, 11) is 2.04. The van der Waals surface area contributed by atoms with Crippen LogP contribution in [-0.2, 0) is 4.79 Å². The fraction of sp³-hybridized carbons (Fsp3) is 0.917. The van der Waals surface area contributed by atoms with Crippen LogP contribution >= 0.6 is 0 Å². The highest BCUT2D eigenvalue weighted by Gasteiger charge is 2.37. The number of carboxylic acid groups (broad SMARTS) is 1. The van der Waals surface area contributed by atoms with E-state index >= 15 is 0 Å². The van der Waals surface area contributed by atoms with Crippen LogP contribution in [0.1, 0.15) is 40.0 Å². The largest absolute Gasteiger partial charge is 0.481 e. The third-order valence-electron chi connectivity index (χ3n) is 3.89. The number of hydrogen-bond donors (Lipinski definition) is 1. The van der Waals surface area contributed by atoms with Crippen molar-refractivity contribution in [2.75, 3.05) is 13.6 Å². The molecule has 2 atom stereocenters. The van der Waals surface area contributed by atoms with Crippen molar-refractivity contribution in [2.45, 2.75) is 46.1 Å². The van der Waals surface area contributed by atoms with Crippen LogP contribution in [0.4, 0.5) is 0 Å². The van der Waals surface area contributed by atoms with E-state index in [0.717, 1.165) is 5.92 Å². The first-order chi connectivity index (χ1) is 6.90. The molecule has 0 saturated heterocycles. The van der Waals surface area contributed by atoms with Crippen LogP contribution < -0.4 is 0 Å². The summed E-state index contributed by atoms with van der Waals surface area (Å²) in [6, 6.07) is 0.523. The van der Waals surface area contributed by atoms with E-state index in [0.29, 0.717) is 19.0 Å². The number of hydrogen-bond acceptors (Lipinski definition) is 2. The molecule has 0 aromatic heterocycles. The van der Waals surface area contributed by atoms with Crippen LogP contribution in [0.5, 0.6) is 0 Å². The molecular formula is C12H23NO2. The molecule has 1 saturated carbocycles. The van der Waals surface area contributed by atoms with E-state index in [1.165, 1.54) is 12.8 Å². The third-order valence-corrected chi connectivity index (χ3v) is 3.89. The van der Waals surface area contributed by atoms with Gasteiger partial charge in [-0.15, -0.1) is 0 Å². The SMILES string of the molecule is CCC(C)(CN(C)C(C)C1CC1)C(=O)O. The van der Waals surface area contributed by atoms with Gasteiger partial charge >= 0.3 is 5.97 Å². The van der Waals surface area contributed by atoms with Gasteiger partial charge in [0.1, 0.15) is 0 Å². The standard InChI is InChI=1S/C12H23NO2/c1-5-12(3,11(14)15)8-13(4)9(2)10-6-7-10/h9-10H,5-8H2,1-4H3,(H,14,15). The molecule has 15 heavy (non-hydrogen) atoms. The van der Waals surface area contributed by atoms with Gasteiger partial charge in [-0.2, -0.15) is 0 Å². The van der Waals surface area contributed by atoms with Gasteiger partial charge in [-0.1, -0.05) is 6.92 Å². The summed E-state index contributed by atoms with van der Waals surface area (Å²) in [6.45, 7) is 6.64. The number of rotatable bonds is 6. The smallest absolute Gasteiger partial charge is 0.310 e. The van der Waals surface area contributed by atoms with Gasteiger partial charge in [0.15, 0.2) is 0 Å². The van der Waals surface area contributed by atoms with Crippen LogP contribution in [0.2, 0.25) is 0 Å². The lowest BCUT2D eigenvalue weighted by molar-refractivity contribution is -0.149. The van der Waals surface area contributed by atoms with E-state index in [9.17, 15) is 9.90 Å². The highest BCUT2D eigenvalue weighted by atomic mass is 16.4. The van der Waals surface area contributed by atoms with E-state index in [1.807, 2.05) is 20.9 Å². The minimum atomic E-state index is -0.681. The topological polar surface area (TPSA) is 40.5 Å². The fourth-order valence-electron chi connectivity index (χ4n) is 1.96. The van der Waals surface area contributed by atoms with Crippen molar-refractivity contribution in [3.05, 3.63) is 0 Å². The Kier molecular flexibility index (Phi) is 3.77. The van der Waals surface area contributed by atoms with E-state index in [1.54, 1.807) is 0 Å². The molecule has 0 heterocycles. The Morgan fingerprint density at radius 3 is 2.47 bits per heavy atom. The van der Waals surface area contributed by atoms with Gasteiger partial charge in [0.2, 0.25) is 0 Å². The minimum absolute atomic E-state index is 0.523. The Morgan fingerprint density at radius 1 is 1.60 bits per heavy atom. The van der Waals surface area contributed by atoms with Gasteiger partial charge in [0.05, 0.1) is 5.41 Å². The van der Waals surface area contributed by atoms with Gasteiger partial charge in [-0.25, -0.2) is 0 Å². The van der Waals surface area contributed by atoms with Crippen molar-refractivity contribution >= 4 is 5.97 Å². The van der Waals surface area contributed by atoms with Crippen molar-refractivity contribution in [3.8, 4) is 0 Å². The summed E-state index contributed by atoms with van der Waals surface area (Å²) < 4.78 is 0. The van der Waals surface area contributed by atoms with Crippen LogP contribution in [0.15, 0.2) is 0 Å². The highest BCUT2D eigenvalue weighted by molar-refractivity contribution is 5.74. The lowest BCUT2D eigenvalue weighted by atomic mass is 9.86. The maximum atomic E-state index is 11.2. The first kappa shape index (κ1) is 12.5. The zero-order valence-electron chi connectivity index (χ0n) is 10.3. The van der Waals surface area contributed by atoms with Crippen molar-refractivity contribution in [2.24, 2.45) is 11.3 Å². The Balaban J connectivity index is 2.53. The summed E-state index contributed by atoms with van der Waals surface area (Å²) in [4.78, 5) is 13.4. The Hall–Kier alpha value is -0.570. The predicted molar refractivity (Wildman–Crippen MR) is 60.8 cm³/mol. The summed E-state index contributed by atoms with van der Waals surface area (Å²) >= 11 is 0. The van der Waals surface area contributed by atoms with Gasteiger partial charge < -0.3 is 10.0 Å². The first-order valence-corrected chi connectivity index (χ1v) is 5.84.